The van der Waals surface area contributed by atoms with Gasteiger partial charge in [-0.25, -0.2) is 4.68 Å². The molecular formula is C29H29N5O2S. The molecule has 0 aliphatic carbocycles. The maximum absolute atomic E-state index is 13.6. The first-order chi connectivity index (χ1) is 18.1. The van der Waals surface area contributed by atoms with E-state index in [0.717, 1.165) is 34.7 Å². The van der Waals surface area contributed by atoms with Gasteiger partial charge in [0.05, 0.1) is 12.7 Å². The number of para-hydroxylation sites is 2. The number of benzene rings is 3. The number of anilines is 2. The standard InChI is InChI=1S/C29H29N5O2S/c1-4-20-14-16-21(17-15-20)26-25(27(35)31-23-11-6-5-7-12-23)19(2)30-28-32-29(33-34(26)28)37-18-22-10-8-9-13-24(22)36-3/h5-17,26H,4,18H2,1-3H3,(H,31,35)(H,30,32,33)/t26-/m0/s1. The predicted octanol–water partition coefficient (Wildman–Crippen LogP) is 6.07. The largest absolute Gasteiger partial charge is 0.496 e. The second-order valence-electron chi connectivity index (χ2n) is 8.74. The van der Waals surface area contributed by atoms with Crippen LogP contribution in [0.2, 0.25) is 0 Å². The number of aromatic nitrogens is 3. The van der Waals surface area contributed by atoms with Crippen LogP contribution >= 0.6 is 11.8 Å². The molecule has 0 saturated carbocycles. The van der Waals surface area contributed by atoms with Gasteiger partial charge >= 0.3 is 0 Å². The van der Waals surface area contributed by atoms with E-state index in [-0.39, 0.29) is 5.91 Å². The zero-order chi connectivity index (χ0) is 25.8. The SMILES string of the molecule is CCc1ccc([C@H]2C(C(=O)Nc3ccccc3)=C(C)Nc3nc(SCc4ccccc4OC)nn32)cc1. The molecular weight excluding hydrogens is 482 g/mol. The summed E-state index contributed by atoms with van der Waals surface area (Å²) in [5.41, 5.74) is 5.38. The fourth-order valence-corrected chi connectivity index (χ4v) is 5.23. The maximum Gasteiger partial charge on any atom is 0.255 e. The Morgan fingerprint density at radius 3 is 2.51 bits per heavy atom. The molecule has 2 heterocycles. The summed E-state index contributed by atoms with van der Waals surface area (Å²) in [7, 11) is 1.67. The first-order valence-corrected chi connectivity index (χ1v) is 13.2. The van der Waals surface area contributed by atoms with Crippen molar-refractivity contribution in [2.45, 2.75) is 37.2 Å². The number of hydrogen-bond acceptors (Lipinski definition) is 6. The Morgan fingerprint density at radius 1 is 1.05 bits per heavy atom. The summed E-state index contributed by atoms with van der Waals surface area (Å²) in [6.45, 7) is 4.04. The van der Waals surface area contributed by atoms with E-state index in [4.69, 9.17) is 14.8 Å². The third-order valence-corrected chi connectivity index (χ3v) is 7.25. The molecule has 0 bridgehead atoms. The molecule has 0 spiro atoms. The minimum absolute atomic E-state index is 0.176. The first kappa shape index (κ1) is 24.6. The molecule has 37 heavy (non-hydrogen) atoms. The van der Waals surface area contributed by atoms with E-state index < -0.39 is 6.04 Å². The van der Waals surface area contributed by atoms with E-state index in [0.29, 0.717) is 22.4 Å². The van der Waals surface area contributed by atoms with Crippen LogP contribution in [0.25, 0.3) is 0 Å². The van der Waals surface area contributed by atoms with Gasteiger partial charge in [0, 0.05) is 22.7 Å². The number of carbonyl (C=O) groups is 1. The molecule has 1 aliphatic rings. The summed E-state index contributed by atoms with van der Waals surface area (Å²) in [6.07, 6.45) is 0.945. The van der Waals surface area contributed by atoms with Crippen molar-refractivity contribution >= 4 is 29.3 Å². The minimum atomic E-state index is -0.418. The van der Waals surface area contributed by atoms with Crippen LogP contribution < -0.4 is 15.4 Å². The van der Waals surface area contributed by atoms with Gasteiger partial charge in [-0.1, -0.05) is 79.3 Å². The molecule has 8 heteroatoms. The van der Waals surface area contributed by atoms with E-state index in [9.17, 15) is 4.79 Å². The third kappa shape index (κ3) is 5.24. The molecule has 0 unspecified atom stereocenters. The lowest BCUT2D eigenvalue weighted by molar-refractivity contribution is -0.113. The smallest absolute Gasteiger partial charge is 0.255 e. The van der Waals surface area contributed by atoms with Gasteiger partial charge in [0.15, 0.2) is 0 Å². The Balaban J connectivity index is 1.49. The fourth-order valence-electron chi connectivity index (χ4n) is 4.41. The van der Waals surface area contributed by atoms with Crippen LogP contribution in [0.15, 0.2) is 95.3 Å². The van der Waals surface area contributed by atoms with Crippen molar-refractivity contribution in [3.63, 3.8) is 0 Å². The zero-order valence-corrected chi connectivity index (χ0v) is 21.9. The van der Waals surface area contributed by atoms with Crippen LogP contribution in [0.1, 0.15) is 36.6 Å². The highest BCUT2D eigenvalue weighted by molar-refractivity contribution is 7.98. The summed E-state index contributed by atoms with van der Waals surface area (Å²) in [6, 6.07) is 25.4. The highest BCUT2D eigenvalue weighted by Gasteiger charge is 2.34. The normalized spacial score (nSPS) is 14.6. The van der Waals surface area contributed by atoms with Crippen LogP contribution in [0.5, 0.6) is 5.75 Å². The van der Waals surface area contributed by atoms with E-state index in [1.54, 1.807) is 7.11 Å². The first-order valence-electron chi connectivity index (χ1n) is 12.2. The molecule has 1 aliphatic heterocycles. The summed E-state index contributed by atoms with van der Waals surface area (Å²) in [5.74, 6) is 1.94. The molecule has 0 saturated heterocycles. The summed E-state index contributed by atoms with van der Waals surface area (Å²) in [4.78, 5) is 18.3. The maximum atomic E-state index is 13.6. The second kappa shape index (κ2) is 10.9. The Bertz CT molecular complexity index is 1430. The number of nitrogens with zero attached hydrogens (tertiary/aromatic N) is 3. The van der Waals surface area contributed by atoms with E-state index >= 15 is 0 Å². The van der Waals surface area contributed by atoms with Crippen LogP contribution in [-0.2, 0) is 17.0 Å². The van der Waals surface area contributed by atoms with Crippen molar-refractivity contribution in [3.8, 4) is 5.75 Å². The van der Waals surface area contributed by atoms with Crippen molar-refractivity contribution in [1.29, 1.82) is 0 Å². The number of aryl methyl sites for hydroxylation is 1. The monoisotopic (exact) mass is 511 g/mol. The van der Waals surface area contributed by atoms with Crippen molar-refractivity contribution in [2.75, 3.05) is 17.7 Å². The quantitative estimate of drug-likeness (QED) is 0.280. The number of methoxy groups -OCH3 is 1. The lowest BCUT2D eigenvalue weighted by atomic mass is 9.94. The zero-order valence-electron chi connectivity index (χ0n) is 21.1. The molecule has 2 N–H and O–H groups in total. The van der Waals surface area contributed by atoms with Crippen LogP contribution in [0.3, 0.4) is 0 Å². The van der Waals surface area contributed by atoms with Crippen LogP contribution in [0, 0.1) is 0 Å². The Kier molecular flexibility index (Phi) is 7.28. The number of allylic oxidation sites excluding steroid dienone is 1. The van der Waals surface area contributed by atoms with Gasteiger partial charge < -0.3 is 15.4 Å². The number of hydrogen-bond donors (Lipinski definition) is 2. The van der Waals surface area contributed by atoms with Gasteiger partial charge in [-0.2, -0.15) is 4.98 Å². The summed E-state index contributed by atoms with van der Waals surface area (Å²) < 4.78 is 7.31. The molecule has 0 radical (unpaired) electrons. The molecule has 1 amide bonds. The second-order valence-corrected chi connectivity index (χ2v) is 9.69. The number of fused-ring (bicyclic) bond motifs is 1. The van der Waals surface area contributed by atoms with E-state index in [1.807, 2.05) is 66.2 Å². The van der Waals surface area contributed by atoms with Crippen molar-refractivity contribution < 1.29 is 9.53 Å². The highest BCUT2D eigenvalue weighted by atomic mass is 32.2. The number of ether oxygens (including phenoxy) is 1. The molecule has 4 aromatic rings. The molecule has 5 rings (SSSR count). The molecule has 7 nitrogen and oxygen atoms in total. The molecule has 0 fully saturated rings. The van der Waals surface area contributed by atoms with Crippen molar-refractivity contribution in [3.05, 3.63) is 107 Å². The van der Waals surface area contributed by atoms with Gasteiger partial charge in [0.2, 0.25) is 11.1 Å². The van der Waals surface area contributed by atoms with Gasteiger partial charge in [0.25, 0.3) is 5.91 Å². The fraction of sp³-hybridized carbons (Fsp3) is 0.207. The van der Waals surface area contributed by atoms with Crippen molar-refractivity contribution in [2.24, 2.45) is 0 Å². The highest BCUT2D eigenvalue weighted by Crippen LogP contribution is 2.37. The number of thioether (sulfide) groups is 1. The minimum Gasteiger partial charge on any atom is -0.496 e. The summed E-state index contributed by atoms with van der Waals surface area (Å²) in [5, 5.41) is 11.8. The van der Waals surface area contributed by atoms with Gasteiger partial charge in [-0.3, -0.25) is 4.79 Å². The third-order valence-electron chi connectivity index (χ3n) is 6.36. The van der Waals surface area contributed by atoms with Crippen LogP contribution in [-0.4, -0.2) is 27.8 Å². The average molecular weight is 512 g/mol. The Hall–Kier alpha value is -4.04. The molecule has 1 aromatic heterocycles. The number of carbonyl (C=O) groups excluding carboxylic acids is 1. The van der Waals surface area contributed by atoms with Crippen LogP contribution in [0.4, 0.5) is 11.6 Å². The molecule has 1 atom stereocenters. The van der Waals surface area contributed by atoms with E-state index in [2.05, 4.69) is 41.8 Å². The van der Waals surface area contributed by atoms with Gasteiger partial charge in [-0.15, -0.1) is 5.10 Å². The van der Waals surface area contributed by atoms with Gasteiger partial charge in [0.1, 0.15) is 11.8 Å². The van der Waals surface area contributed by atoms with Crippen molar-refractivity contribution in [1.82, 2.24) is 14.8 Å². The molecule has 188 valence electrons. The Morgan fingerprint density at radius 2 is 1.78 bits per heavy atom. The summed E-state index contributed by atoms with van der Waals surface area (Å²) >= 11 is 1.53. The topological polar surface area (TPSA) is 81.1 Å². The average Bonchev–Trinajstić information content (AvgIpc) is 3.34. The number of amides is 1. The predicted molar refractivity (Wildman–Crippen MR) is 148 cm³/mol. The number of rotatable bonds is 8. The Labute approximate surface area is 221 Å². The van der Waals surface area contributed by atoms with E-state index in [1.165, 1.54) is 17.3 Å². The lowest BCUT2D eigenvalue weighted by Gasteiger charge is -2.28. The van der Waals surface area contributed by atoms with Gasteiger partial charge in [-0.05, 0) is 42.7 Å². The number of nitrogens with one attached hydrogen (secondary N) is 2. The lowest BCUT2D eigenvalue weighted by Crippen LogP contribution is -2.31. The molecule has 3 aromatic carbocycles.